The van der Waals surface area contributed by atoms with Crippen molar-refractivity contribution in [2.45, 2.75) is 27.2 Å². The van der Waals surface area contributed by atoms with E-state index in [0.717, 1.165) is 38.2 Å². The fraction of sp³-hybridized carbons (Fsp3) is 0.579. The lowest BCUT2D eigenvalue weighted by Gasteiger charge is -2.35. The second-order valence-corrected chi connectivity index (χ2v) is 6.18. The van der Waals surface area contributed by atoms with Crippen LogP contribution in [-0.4, -0.2) is 72.3 Å². The number of likely N-dealkylation sites (N-methyl/N-ethyl adjacent to an activating group) is 1. The molecule has 24 heavy (non-hydrogen) atoms. The molecule has 5 heteroatoms. The minimum absolute atomic E-state index is 0.0902. The van der Waals surface area contributed by atoms with E-state index < -0.39 is 0 Å². The summed E-state index contributed by atoms with van der Waals surface area (Å²) in [7, 11) is 0. The number of piperazine rings is 1. The van der Waals surface area contributed by atoms with Crippen LogP contribution in [0.4, 0.5) is 0 Å². The maximum Gasteiger partial charge on any atom is 0.253 e. The predicted octanol–water partition coefficient (Wildman–Crippen LogP) is 1.88. The van der Waals surface area contributed by atoms with Crippen LogP contribution >= 0.6 is 0 Å². The first kappa shape index (κ1) is 18.5. The summed E-state index contributed by atoms with van der Waals surface area (Å²) in [5, 5.41) is 0. The molecule has 0 spiro atoms. The van der Waals surface area contributed by atoms with Gasteiger partial charge in [0.25, 0.3) is 5.91 Å². The number of nitrogens with zero attached hydrogens (tertiary/aromatic N) is 3. The van der Waals surface area contributed by atoms with Crippen molar-refractivity contribution < 1.29 is 9.59 Å². The highest BCUT2D eigenvalue weighted by atomic mass is 16.2. The molecule has 0 aliphatic carbocycles. The van der Waals surface area contributed by atoms with Crippen molar-refractivity contribution in [2.24, 2.45) is 0 Å². The van der Waals surface area contributed by atoms with Gasteiger partial charge in [-0.15, -0.1) is 0 Å². The van der Waals surface area contributed by atoms with Crippen LogP contribution in [0.1, 0.15) is 36.7 Å². The Balaban J connectivity index is 1.85. The maximum atomic E-state index is 12.6. The van der Waals surface area contributed by atoms with Gasteiger partial charge in [-0.3, -0.25) is 14.5 Å². The van der Waals surface area contributed by atoms with Gasteiger partial charge < -0.3 is 9.80 Å². The van der Waals surface area contributed by atoms with E-state index in [1.165, 1.54) is 5.56 Å². The lowest BCUT2D eigenvalue weighted by Crippen LogP contribution is -2.51. The van der Waals surface area contributed by atoms with E-state index in [1.54, 1.807) is 0 Å². The number of carbonyl (C=O) groups is 2. The molecule has 1 fully saturated rings. The monoisotopic (exact) mass is 331 g/mol. The normalized spacial score (nSPS) is 15.4. The van der Waals surface area contributed by atoms with E-state index in [0.29, 0.717) is 19.6 Å². The fourth-order valence-electron chi connectivity index (χ4n) is 3.04. The third-order valence-electron chi connectivity index (χ3n) is 4.74. The van der Waals surface area contributed by atoms with Gasteiger partial charge in [-0.25, -0.2) is 0 Å². The van der Waals surface area contributed by atoms with Crippen LogP contribution in [0.15, 0.2) is 24.3 Å². The molecular formula is C19H29N3O2. The zero-order chi connectivity index (χ0) is 17.5. The topological polar surface area (TPSA) is 43.9 Å². The number of hydrogen-bond acceptors (Lipinski definition) is 3. The number of rotatable bonds is 6. The summed E-state index contributed by atoms with van der Waals surface area (Å²) in [4.78, 5) is 30.6. The molecule has 2 rings (SSSR count). The van der Waals surface area contributed by atoms with Crippen LogP contribution < -0.4 is 0 Å². The van der Waals surface area contributed by atoms with E-state index in [-0.39, 0.29) is 11.8 Å². The van der Waals surface area contributed by atoms with E-state index in [1.807, 2.05) is 47.9 Å². The van der Waals surface area contributed by atoms with Crippen LogP contribution in [0, 0.1) is 0 Å². The van der Waals surface area contributed by atoms with E-state index in [2.05, 4.69) is 11.8 Å². The quantitative estimate of drug-likeness (QED) is 0.799. The second-order valence-electron chi connectivity index (χ2n) is 6.18. The van der Waals surface area contributed by atoms with Gasteiger partial charge in [0.05, 0.1) is 6.54 Å². The first-order chi connectivity index (χ1) is 11.6. The summed E-state index contributed by atoms with van der Waals surface area (Å²) in [5.41, 5.74) is 1.99. The molecule has 1 aliphatic rings. The smallest absolute Gasteiger partial charge is 0.253 e. The molecule has 1 aliphatic heterocycles. The van der Waals surface area contributed by atoms with Crippen LogP contribution in [-0.2, 0) is 11.2 Å². The molecule has 2 amide bonds. The molecule has 5 nitrogen and oxygen atoms in total. The van der Waals surface area contributed by atoms with Gasteiger partial charge in [0.15, 0.2) is 0 Å². The van der Waals surface area contributed by atoms with Gasteiger partial charge in [0, 0.05) is 44.8 Å². The van der Waals surface area contributed by atoms with E-state index in [4.69, 9.17) is 0 Å². The van der Waals surface area contributed by atoms with Crippen molar-refractivity contribution in [1.29, 1.82) is 0 Å². The number of hydrogen-bond donors (Lipinski definition) is 0. The van der Waals surface area contributed by atoms with E-state index >= 15 is 0 Å². The third kappa shape index (κ3) is 4.57. The zero-order valence-electron chi connectivity index (χ0n) is 15.1. The lowest BCUT2D eigenvalue weighted by atomic mass is 10.1. The number of aryl methyl sites for hydroxylation is 1. The summed E-state index contributed by atoms with van der Waals surface area (Å²) < 4.78 is 0. The van der Waals surface area contributed by atoms with Crippen LogP contribution in [0.25, 0.3) is 0 Å². The minimum Gasteiger partial charge on any atom is -0.342 e. The Kier molecular flexibility index (Phi) is 6.79. The highest BCUT2D eigenvalue weighted by molar-refractivity contribution is 5.94. The van der Waals surface area contributed by atoms with Crippen LogP contribution in [0.3, 0.4) is 0 Å². The first-order valence-electron chi connectivity index (χ1n) is 8.97. The Hall–Kier alpha value is -1.88. The number of amides is 2. The Morgan fingerprint density at radius 3 is 2.04 bits per heavy atom. The molecule has 0 radical (unpaired) electrons. The second kappa shape index (κ2) is 8.83. The Bertz CT molecular complexity index is 544. The number of benzene rings is 1. The Morgan fingerprint density at radius 1 is 0.958 bits per heavy atom. The van der Waals surface area contributed by atoms with Crippen molar-refractivity contribution in [3.8, 4) is 0 Å². The van der Waals surface area contributed by atoms with Gasteiger partial charge in [-0.05, 0) is 38.0 Å². The highest BCUT2D eigenvalue weighted by Gasteiger charge is 2.24. The zero-order valence-corrected chi connectivity index (χ0v) is 15.1. The molecule has 0 bridgehead atoms. The van der Waals surface area contributed by atoms with Gasteiger partial charge in [-0.2, -0.15) is 0 Å². The largest absolute Gasteiger partial charge is 0.342 e. The predicted molar refractivity (Wildman–Crippen MR) is 96.1 cm³/mol. The summed E-state index contributed by atoms with van der Waals surface area (Å²) >= 11 is 0. The number of carbonyl (C=O) groups excluding carboxylic acids is 2. The standard InChI is InChI=1S/C19H29N3O2/c1-4-16-7-9-17(10-8-16)19(24)22-13-11-20(12-14-22)15-18(23)21(5-2)6-3/h7-10H,4-6,11-15H2,1-3H3. The van der Waals surface area contributed by atoms with E-state index in [9.17, 15) is 9.59 Å². The third-order valence-corrected chi connectivity index (χ3v) is 4.74. The fourth-order valence-corrected chi connectivity index (χ4v) is 3.04. The van der Waals surface area contributed by atoms with Crippen molar-refractivity contribution in [2.75, 3.05) is 45.8 Å². The van der Waals surface area contributed by atoms with Gasteiger partial charge >= 0.3 is 0 Å². The van der Waals surface area contributed by atoms with Crippen LogP contribution in [0.2, 0.25) is 0 Å². The minimum atomic E-state index is 0.0902. The molecule has 1 aromatic rings. The van der Waals surface area contributed by atoms with Crippen LogP contribution in [0.5, 0.6) is 0 Å². The molecule has 0 aromatic heterocycles. The van der Waals surface area contributed by atoms with Crippen molar-refractivity contribution in [3.63, 3.8) is 0 Å². The SMILES string of the molecule is CCc1ccc(C(=O)N2CCN(CC(=O)N(CC)CC)CC2)cc1. The first-order valence-corrected chi connectivity index (χ1v) is 8.97. The van der Waals surface area contributed by atoms with Gasteiger partial charge in [0.1, 0.15) is 0 Å². The summed E-state index contributed by atoms with van der Waals surface area (Å²) in [6.07, 6.45) is 0.980. The Morgan fingerprint density at radius 2 is 1.54 bits per heavy atom. The van der Waals surface area contributed by atoms with Crippen molar-refractivity contribution >= 4 is 11.8 Å². The molecule has 0 atom stereocenters. The summed E-state index contributed by atoms with van der Waals surface area (Å²) in [5.74, 6) is 0.266. The average Bonchev–Trinajstić information content (AvgIpc) is 2.63. The summed E-state index contributed by atoms with van der Waals surface area (Å²) in [6, 6.07) is 7.87. The van der Waals surface area contributed by atoms with Gasteiger partial charge in [0.2, 0.25) is 5.91 Å². The lowest BCUT2D eigenvalue weighted by molar-refractivity contribution is -0.132. The highest BCUT2D eigenvalue weighted by Crippen LogP contribution is 2.11. The average molecular weight is 331 g/mol. The molecule has 0 N–H and O–H groups in total. The molecule has 1 saturated heterocycles. The Labute approximate surface area is 145 Å². The molecular weight excluding hydrogens is 302 g/mol. The molecule has 0 unspecified atom stereocenters. The maximum absolute atomic E-state index is 12.6. The summed E-state index contributed by atoms with van der Waals surface area (Å²) in [6.45, 7) is 10.9. The van der Waals surface area contributed by atoms with Crippen molar-refractivity contribution in [3.05, 3.63) is 35.4 Å². The van der Waals surface area contributed by atoms with Gasteiger partial charge in [-0.1, -0.05) is 19.1 Å². The van der Waals surface area contributed by atoms with Crippen molar-refractivity contribution in [1.82, 2.24) is 14.7 Å². The molecule has 132 valence electrons. The molecule has 0 saturated carbocycles. The molecule has 1 heterocycles. The molecule has 1 aromatic carbocycles.